The summed E-state index contributed by atoms with van der Waals surface area (Å²) in [6.07, 6.45) is 3.44. The predicted molar refractivity (Wildman–Crippen MR) is 38.9 cm³/mol. The highest BCUT2D eigenvalue weighted by Gasteiger charge is 1.93. The van der Waals surface area contributed by atoms with Crippen LogP contribution >= 0.6 is 0 Å². The van der Waals surface area contributed by atoms with E-state index in [0.29, 0.717) is 13.1 Å². The molecule has 0 saturated heterocycles. The Morgan fingerprint density at radius 3 is 3.27 bits per heavy atom. The minimum absolute atomic E-state index is 0.463. The van der Waals surface area contributed by atoms with Crippen LogP contribution in [0, 0.1) is 0 Å². The lowest BCUT2D eigenvalue weighted by atomic mass is 10.2. The number of ether oxygens (including phenoxy) is 1. The summed E-state index contributed by atoms with van der Waals surface area (Å²) in [6, 6.07) is 1.90. The number of hydrogen-bond acceptors (Lipinski definition) is 3. The molecule has 0 unspecified atom stereocenters. The van der Waals surface area contributed by atoms with Crippen LogP contribution < -0.4 is 0 Å². The van der Waals surface area contributed by atoms with E-state index in [1.165, 1.54) is 0 Å². The summed E-state index contributed by atoms with van der Waals surface area (Å²) in [6.45, 7) is 0.931. The zero-order valence-electron chi connectivity index (χ0n) is 6.12. The van der Waals surface area contributed by atoms with Gasteiger partial charge in [-0.05, 0) is 18.9 Å². The van der Waals surface area contributed by atoms with E-state index in [1.807, 2.05) is 6.07 Å². The van der Waals surface area contributed by atoms with Gasteiger partial charge >= 0.3 is 0 Å². The molecule has 1 aromatic heterocycles. The van der Waals surface area contributed by atoms with Crippen LogP contribution in [0.15, 0.2) is 12.3 Å². The van der Waals surface area contributed by atoms with Gasteiger partial charge in [0.25, 0.3) is 6.47 Å². The van der Waals surface area contributed by atoms with Crippen LogP contribution in [0.25, 0.3) is 0 Å². The van der Waals surface area contributed by atoms with Crippen LogP contribution in [0.5, 0.6) is 0 Å². The van der Waals surface area contributed by atoms with E-state index < -0.39 is 0 Å². The van der Waals surface area contributed by atoms with Crippen molar-refractivity contribution in [2.75, 3.05) is 6.61 Å². The molecule has 0 atom stereocenters. The molecule has 0 fully saturated rings. The first-order chi connectivity index (χ1) is 5.43. The Bertz CT molecular complexity index is 196. The molecule has 1 rings (SSSR count). The Labute approximate surface area is 64.6 Å². The van der Waals surface area contributed by atoms with Gasteiger partial charge in [-0.1, -0.05) is 0 Å². The zero-order valence-corrected chi connectivity index (χ0v) is 6.12. The monoisotopic (exact) mass is 154 g/mol. The van der Waals surface area contributed by atoms with Gasteiger partial charge in [0.1, 0.15) is 0 Å². The molecule has 4 heteroatoms. The van der Waals surface area contributed by atoms with Gasteiger partial charge in [0, 0.05) is 6.20 Å². The number of H-pyrrole nitrogens is 1. The number of rotatable bonds is 5. The van der Waals surface area contributed by atoms with Crippen molar-refractivity contribution in [3.8, 4) is 0 Å². The van der Waals surface area contributed by atoms with Gasteiger partial charge in [-0.25, -0.2) is 0 Å². The van der Waals surface area contributed by atoms with Crippen molar-refractivity contribution in [1.29, 1.82) is 0 Å². The second kappa shape index (κ2) is 4.49. The molecule has 60 valence electrons. The molecule has 11 heavy (non-hydrogen) atoms. The molecule has 0 saturated carbocycles. The molecular formula is C7H10N2O2. The fraction of sp³-hybridized carbons (Fsp3) is 0.429. The number of aromatic amines is 1. The highest BCUT2D eigenvalue weighted by Crippen LogP contribution is 1.96. The fourth-order valence-electron chi connectivity index (χ4n) is 0.815. The standard InChI is InChI=1S/C7H10N2O2/c10-6-11-5-1-2-7-3-4-8-9-7/h3-4,6H,1-2,5H2,(H,8,9). The quantitative estimate of drug-likeness (QED) is 0.496. The van der Waals surface area contributed by atoms with E-state index in [2.05, 4.69) is 14.9 Å². The molecule has 1 aromatic rings. The van der Waals surface area contributed by atoms with Crippen LogP contribution in [0.4, 0.5) is 0 Å². The Balaban J connectivity index is 2.09. The van der Waals surface area contributed by atoms with Gasteiger partial charge in [0.05, 0.1) is 12.3 Å². The lowest BCUT2D eigenvalue weighted by molar-refractivity contribution is -0.128. The van der Waals surface area contributed by atoms with Gasteiger partial charge in [-0.15, -0.1) is 0 Å². The minimum atomic E-state index is 0.463. The van der Waals surface area contributed by atoms with Crippen molar-refractivity contribution in [2.45, 2.75) is 12.8 Å². The second-order valence-electron chi connectivity index (χ2n) is 2.14. The van der Waals surface area contributed by atoms with Gasteiger partial charge in [-0.3, -0.25) is 9.89 Å². The van der Waals surface area contributed by atoms with Crippen LogP contribution in [-0.2, 0) is 16.0 Å². The van der Waals surface area contributed by atoms with Crippen LogP contribution in [0.3, 0.4) is 0 Å². The number of aromatic nitrogens is 2. The van der Waals surface area contributed by atoms with Gasteiger partial charge in [0.2, 0.25) is 0 Å². The highest BCUT2D eigenvalue weighted by atomic mass is 16.5. The second-order valence-corrected chi connectivity index (χ2v) is 2.14. The van der Waals surface area contributed by atoms with Crippen molar-refractivity contribution in [3.05, 3.63) is 18.0 Å². The van der Waals surface area contributed by atoms with Gasteiger partial charge < -0.3 is 4.74 Å². The number of carbonyl (C=O) groups excluding carboxylic acids is 1. The van der Waals surface area contributed by atoms with Crippen molar-refractivity contribution < 1.29 is 9.53 Å². The summed E-state index contributed by atoms with van der Waals surface area (Å²) in [5, 5.41) is 6.66. The van der Waals surface area contributed by atoms with E-state index >= 15 is 0 Å². The predicted octanol–water partition coefficient (Wildman–Crippen LogP) is 0.515. The SMILES string of the molecule is O=COCCCc1cc[nH]n1. The Morgan fingerprint density at radius 2 is 2.64 bits per heavy atom. The largest absolute Gasteiger partial charge is 0.468 e. The van der Waals surface area contributed by atoms with Crippen LogP contribution in [0.1, 0.15) is 12.1 Å². The maximum Gasteiger partial charge on any atom is 0.293 e. The van der Waals surface area contributed by atoms with E-state index in [0.717, 1.165) is 18.5 Å². The molecule has 0 radical (unpaired) electrons. The summed E-state index contributed by atoms with van der Waals surface area (Å²) in [7, 11) is 0. The van der Waals surface area contributed by atoms with Crippen molar-refractivity contribution >= 4 is 6.47 Å². The summed E-state index contributed by atoms with van der Waals surface area (Å²) in [5.74, 6) is 0. The van der Waals surface area contributed by atoms with Crippen LogP contribution in [0.2, 0.25) is 0 Å². The molecule has 0 bridgehead atoms. The van der Waals surface area contributed by atoms with Crippen molar-refractivity contribution in [3.63, 3.8) is 0 Å². The summed E-state index contributed by atoms with van der Waals surface area (Å²) < 4.78 is 4.51. The topological polar surface area (TPSA) is 55.0 Å². The maximum atomic E-state index is 9.72. The highest BCUT2D eigenvalue weighted by molar-refractivity contribution is 5.36. The first kappa shape index (κ1) is 7.78. The Hall–Kier alpha value is -1.32. The molecule has 0 aliphatic rings. The van der Waals surface area contributed by atoms with Crippen molar-refractivity contribution in [2.24, 2.45) is 0 Å². The molecular weight excluding hydrogens is 144 g/mol. The molecule has 0 aromatic carbocycles. The van der Waals surface area contributed by atoms with E-state index in [-0.39, 0.29) is 0 Å². The van der Waals surface area contributed by atoms with Crippen LogP contribution in [-0.4, -0.2) is 23.3 Å². The average molecular weight is 154 g/mol. The smallest absolute Gasteiger partial charge is 0.293 e. The third kappa shape index (κ3) is 2.84. The summed E-state index contributed by atoms with van der Waals surface area (Å²) in [5.41, 5.74) is 1.000. The zero-order chi connectivity index (χ0) is 7.94. The number of nitrogens with zero attached hydrogens (tertiary/aromatic N) is 1. The first-order valence-corrected chi connectivity index (χ1v) is 3.47. The fourth-order valence-corrected chi connectivity index (χ4v) is 0.815. The van der Waals surface area contributed by atoms with Gasteiger partial charge in [-0.2, -0.15) is 5.10 Å². The lowest BCUT2D eigenvalue weighted by Crippen LogP contribution is -1.94. The first-order valence-electron chi connectivity index (χ1n) is 3.47. The number of carbonyl (C=O) groups is 1. The third-order valence-electron chi connectivity index (χ3n) is 1.32. The minimum Gasteiger partial charge on any atom is -0.468 e. The molecule has 0 spiro atoms. The number of aryl methyl sites for hydroxylation is 1. The van der Waals surface area contributed by atoms with E-state index in [1.54, 1.807) is 6.20 Å². The molecule has 1 heterocycles. The van der Waals surface area contributed by atoms with E-state index in [4.69, 9.17) is 0 Å². The molecule has 1 N–H and O–H groups in total. The normalized spacial score (nSPS) is 9.45. The summed E-state index contributed by atoms with van der Waals surface area (Å²) >= 11 is 0. The molecule has 4 nitrogen and oxygen atoms in total. The third-order valence-corrected chi connectivity index (χ3v) is 1.32. The van der Waals surface area contributed by atoms with Crippen molar-refractivity contribution in [1.82, 2.24) is 10.2 Å². The summed E-state index contributed by atoms with van der Waals surface area (Å²) in [4.78, 5) is 9.72. The molecule has 0 aliphatic carbocycles. The van der Waals surface area contributed by atoms with E-state index in [9.17, 15) is 4.79 Å². The molecule has 0 aliphatic heterocycles. The number of nitrogens with one attached hydrogen (secondary N) is 1. The number of hydrogen-bond donors (Lipinski definition) is 1. The average Bonchev–Trinajstić information content (AvgIpc) is 2.50. The molecule has 0 amide bonds. The Morgan fingerprint density at radius 1 is 1.73 bits per heavy atom. The maximum absolute atomic E-state index is 9.72. The Kier molecular flexibility index (Phi) is 3.18. The van der Waals surface area contributed by atoms with Gasteiger partial charge in [0.15, 0.2) is 0 Å². The lowest BCUT2D eigenvalue weighted by Gasteiger charge is -1.94.